The van der Waals surface area contributed by atoms with Crippen LogP contribution < -0.4 is 4.90 Å². The molecule has 0 amide bonds. The lowest BCUT2D eigenvalue weighted by Gasteiger charge is -2.26. The summed E-state index contributed by atoms with van der Waals surface area (Å²) in [7, 11) is 2.11. The highest BCUT2D eigenvalue weighted by Crippen LogP contribution is 2.39. The molecule has 1 aliphatic heterocycles. The number of furan rings is 1. The van der Waals surface area contributed by atoms with Crippen LogP contribution in [0.1, 0.15) is 34.9 Å². The van der Waals surface area contributed by atoms with E-state index in [1.807, 2.05) is 23.5 Å². The van der Waals surface area contributed by atoms with Crippen molar-refractivity contribution in [1.82, 2.24) is 14.9 Å². The maximum Gasteiger partial charge on any atom is 0.146 e. The van der Waals surface area contributed by atoms with Gasteiger partial charge < -0.3 is 14.1 Å². The van der Waals surface area contributed by atoms with Crippen LogP contribution in [0, 0.1) is 0 Å². The third-order valence-electron chi connectivity index (χ3n) is 5.65. The van der Waals surface area contributed by atoms with Crippen molar-refractivity contribution in [2.24, 2.45) is 0 Å². The smallest absolute Gasteiger partial charge is 0.146 e. The molecule has 148 valence electrons. The van der Waals surface area contributed by atoms with Crippen molar-refractivity contribution in [3.63, 3.8) is 0 Å². The summed E-state index contributed by atoms with van der Waals surface area (Å²) in [4.78, 5) is 17.3. The van der Waals surface area contributed by atoms with Crippen LogP contribution in [0.3, 0.4) is 0 Å². The summed E-state index contributed by atoms with van der Waals surface area (Å²) < 4.78 is 11.1. The molecule has 1 aliphatic carbocycles. The summed E-state index contributed by atoms with van der Waals surface area (Å²) in [6.07, 6.45) is 6.59. The average molecular weight is 399 g/mol. The zero-order chi connectivity index (χ0) is 18.9. The van der Waals surface area contributed by atoms with Crippen molar-refractivity contribution in [3.8, 4) is 0 Å². The van der Waals surface area contributed by atoms with Gasteiger partial charge >= 0.3 is 0 Å². The van der Waals surface area contributed by atoms with E-state index in [0.717, 1.165) is 61.5 Å². The standard InChI is InChI=1S/C21H26N4O2S/c1-24(13-15-5-4-10-27-15)20-19-16-6-2-3-7-17(16)28-21(19)23-18(22-20)14-25-8-11-26-12-9-25/h4-5,10H,2-3,6-9,11-14H2,1H3. The van der Waals surface area contributed by atoms with E-state index in [0.29, 0.717) is 6.54 Å². The number of morpholine rings is 1. The van der Waals surface area contributed by atoms with E-state index >= 15 is 0 Å². The number of nitrogens with zero attached hydrogens (tertiary/aromatic N) is 4. The minimum atomic E-state index is 0.709. The highest BCUT2D eigenvalue weighted by atomic mass is 32.1. The van der Waals surface area contributed by atoms with Gasteiger partial charge in [-0.15, -0.1) is 11.3 Å². The van der Waals surface area contributed by atoms with Gasteiger partial charge in [0.15, 0.2) is 0 Å². The third-order valence-corrected chi connectivity index (χ3v) is 6.83. The molecule has 0 radical (unpaired) electrons. The number of hydrogen-bond donors (Lipinski definition) is 0. The Morgan fingerprint density at radius 2 is 2.04 bits per heavy atom. The number of ether oxygens (including phenoxy) is 1. The summed E-state index contributed by atoms with van der Waals surface area (Å²) >= 11 is 1.87. The normalized spacial score (nSPS) is 17.8. The first-order valence-electron chi connectivity index (χ1n) is 10.1. The molecule has 0 atom stereocenters. The van der Waals surface area contributed by atoms with Crippen LogP contribution in [-0.2, 0) is 30.7 Å². The molecule has 7 heteroatoms. The molecule has 0 spiro atoms. The monoisotopic (exact) mass is 398 g/mol. The van der Waals surface area contributed by atoms with Gasteiger partial charge in [0.2, 0.25) is 0 Å². The molecule has 2 aliphatic rings. The molecule has 0 N–H and O–H groups in total. The number of thiophene rings is 1. The number of aromatic nitrogens is 2. The van der Waals surface area contributed by atoms with E-state index in [1.165, 1.54) is 35.1 Å². The van der Waals surface area contributed by atoms with E-state index in [4.69, 9.17) is 19.1 Å². The van der Waals surface area contributed by atoms with Crippen molar-refractivity contribution in [1.29, 1.82) is 0 Å². The topological polar surface area (TPSA) is 54.6 Å². The van der Waals surface area contributed by atoms with Gasteiger partial charge in [0.25, 0.3) is 0 Å². The number of hydrogen-bond acceptors (Lipinski definition) is 7. The van der Waals surface area contributed by atoms with E-state index in [-0.39, 0.29) is 0 Å². The maximum atomic E-state index is 5.58. The van der Waals surface area contributed by atoms with Gasteiger partial charge in [-0.2, -0.15) is 0 Å². The number of rotatable bonds is 5. The van der Waals surface area contributed by atoms with Gasteiger partial charge in [-0.05, 0) is 43.4 Å². The molecule has 0 bridgehead atoms. The zero-order valence-corrected chi connectivity index (χ0v) is 17.1. The van der Waals surface area contributed by atoms with Crippen molar-refractivity contribution >= 4 is 27.4 Å². The maximum absolute atomic E-state index is 5.58. The van der Waals surface area contributed by atoms with Crippen molar-refractivity contribution < 1.29 is 9.15 Å². The molecular formula is C21H26N4O2S. The first kappa shape index (κ1) is 18.1. The van der Waals surface area contributed by atoms with Crippen molar-refractivity contribution in [2.45, 2.75) is 38.8 Å². The Morgan fingerprint density at radius 1 is 1.18 bits per heavy atom. The second-order valence-electron chi connectivity index (χ2n) is 7.68. The Labute approximate surface area is 169 Å². The predicted octanol–water partition coefficient (Wildman–Crippen LogP) is 3.63. The molecule has 1 fully saturated rings. The summed E-state index contributed by atoms with van der Waals surface area (Å²) in [5.74, 6) is 2.91. The van der Waals surface area contributed by atoms with Gasteiger partial charge in [0.1, 0.15) is 22.2 Å². The summed E-state index contributed by atoms with van der Waals surface area (Å²) in [5.41, 5.74) is 1.48. The van der Waals surface area contributed by atoms with Gasteiger partial charge in [-0.1, -0.05) is 0 Å². The Balaban J connectivity index is 1.54. The molecular weight excluding hydrogens is 372 g/mol. The first-order valence-corrected chi connectivity index (χ1v) is 10.9. The lowest BCUT2D eigenvalue weighted by molar-refractivity contribution is 0.0331. The van der Waals surface area contributed by atoms with Crippen LogP contribution in [-0.4, -0.2) is 48.2 Å². The third kappa shape index (κ3) is 3.54. The first-order chi connectivity index (χ1) is 13.8. The molecule has 3 aromatic rings. The average Bonchev–Trinajstić information content (AvgIpc) is 3.35. The Bertz CT molecular complexity index is 947. The quantitative estimate of drug-likeness (QED) is 0.654. The van der Waals surface area contributed by atoms with Gasteiger partial charge in [-0.25, -0.2) is 9.97 Å². The van der Waals surface area contributed by atoms with Crippen LogP contribution in [0.5, 0.6) is 0 Å². The fourth-order valence-electron chi connectivity index (χ4n) is 4.20. The van der Waals surface area contributed by atoms with Gasteiger partial charge in [0, 0.05) is 25.0 Å². The number of anilines is 1. The molecule has 5 rings (SSSR count). The van der Waals surface area contributed by atoms with Crippen molar-refractivity contribution in [2.75, 3.05) is 38.3 Å². The van der Waals surface area contributed by atoms with Gasteiger partial charge in [-0.3, -0.25) is 4.90 Å². The number of aryl methyl sites for hydroxylation is 2. The van der Waals surface area contributed by atoms with E-state index in [2.05, 4.69) is 16.8 Å². The second-order valence-corrected chi connectivity index (χ2v) is 8.76. The molecule has 3 aromatic heterocycles. The molecule has 28 heavy (non-hydrogen) atoms. The largest absolute Gasteiger partial charge is 0.467 e. The molecule has 1 saturated heterocycles. The van der Waals surface area contributed by atoms with Crippen LogP contribution in [0.15, 0.2) is 22.8 Å². The minimum Gasteiger partial charge on any atom is -0.467 e. The highest BCUT2D eigenvalue weighted by molar-refractivity contribution is 7.19. The highest BCUT2D eigenvalue weighted by Gasteiger charge is 2.24. The van der Waals surface area contributed by atoms with E-state index in [1.54, 1.807) is 6.26 Å². The van der Waals surface area contributed by atoms with E-state index in [9.17, 15) is 0 Å². The van der Waals surface area contributed by atoms with Crippen molar-refractivity contribution in [3.05, 3.63) is 40.4 Å². The predicted molar refractivity (Wildman–Crippen MR) is 111 cm³/mol. The van der Waals surface area contributed by atoms with Crippen LogP contribution in [0.4, 0.5) is 5.82 Å². The Kier molecular flexibility index (Phi) is 5.05. The lowest BCUT2D eigenvalue weighted by Crippen LogP contribution is -2.36. The molecule has 0 unspecified atom stereocenters. The van der Waals surface area contributed by atoms with E-state index < -0.39 is 0 Å². The SMILES string of the molecule is CN(Cc1ccco1)c1nc(CN2CCOCC2)nc2sc3c(c12)CCCC3. The fourth-order valence-corrected chi connectivity index (χ4v) is 5.47. The fraction of sp³-hybridized carbons (Fsp3) is 0.524. The molecule has 0 aromatic carbocycles. The molecule has 4 heterocycles. The summed E-state index contributed by atoms with van der Waals surface area (Å²) in [6.45, 7) is 4.96. The molecule has 0 saturated carbocycles. The van der Waals surface area contributed by atoms with Crippen LogP contribution >= 0.6 is 11.3 Å². The van der Waals surface area contributed by atoms with Gasteiger partial charge in [0.05, 0.1) is 38.0 Å². The van der Waals surface area contributed by atoms with Crippen LogP contribution in [0.2, 0.25) is 0 Å². The Hall–Kier alpha value is -1.96. The summed E-state index contributed by atoms with van der Waals surface area (Å²) in [5, 5.41) is 1.26. The Morgan fingerprint density at radius 3 is 2.86 bits per heavy atom. The lowest BCUT2D eigenvalue weighted by atomic mass is 9.97. The second kappa shape index (κ2) is 7.81. The zero-order valence-electron chi connectivity index (χ0n) is 16.3. The van der Waals surface area contributed by atoms with Crippen LogP contribution in [0.25, 0.3) is 10.2 Å². The molecule has 6 nitrogen and oxygen atoms in total. The number of fused-ring (bicyclic) bond motifs is 3. The summed E-state index contributed by atoms with van der Waals surface area (Å²) in [6, 6.07) is 3.96. The minimum absolute atomic E-state index is 0.709.